The Morgan fingerprint density at radius 2 is 1.76 bits per heavy atom. The van der Waals surface area contributed by atoms with E-state index in [2.05, 4.69) is 36.1 Å². The average Bonchev–Trinajstić information content (AvgIpc) is 3.38. The Morgan fingerprint density at radius 3 is 2.45 bits per heavy atom. The van der Waals surface area contributed by atoms with Crippen LogP contribution < -0.4 is 4.90 Å². The first-order valence-electron chi connectivity index (χ1n) is 10.4. The Balaban J connectivity index is 1.56. The maximum Gasteiger partial charge on any atom is 0.266 e. The van der Waals surface area contributed by atoms with Crippen LogP contribution in [0.2, 0.25) is 0 Å². The van der Waals surface area contributed by atoms with Crippen LogP contribution in [0.4, 0.5) is 11.4 Å². The van der Waals surface area contributed by atoms with Gasteiger partial charge in [0.15, 0.2) is 5.17 Å². The molecular formula is C24H27N3OS. The molecule has 1 amide bonds. The Hall–Kier alpha value is -2.53. The van der Waals surface area contributed by atoms with E-state index < -0.39 is 0 Å². The van der Waals surface area contributed by atoms with Crippen LogP contribution in [0.1, 0.15) is 38.2 Å². The molecule has 2 aliphatic rings. The minimum atomic E-state index is 0.0572. The fourth-order valence-corrected chi connectivity index (χ4v) is 4.65. The monoisotopic (exact) mass is 405 g/mol. The van der Waals surface area contributed by atoms with Gasteiger partial charge in [-0.15, -0.1) is 0 Å². The Labute approximate surface area is 177 Å². The summed E-state index contributed by atoms with van der Waals surface area (Å²) in [7, 11) is 0. The van der Waals surface area contributed by atoms with E-state index in [1.807, 2.05) is 41.3 Å². The normalized spacial score (nSPS) is 19.7. The number of nitrogens with zero attached hydrogens (tertiary/aromatic N) is 3. The van der Waals surface area contributed by atoms with E-state index in [-0.39, 0.29) is 5.91 Å². The molecule has 2 heterocycles. The standard InChI is InChI=1S/C24H27N3OS/c1-2-3-17-27-23(28)22(29-24(27)25-20-9-5-4-6-10-20)18-19-11-13-21(14-12-19)26-15-7-8-16-26/h4-6,9-14,18H,2-3,7-8,15-17H2,1H3/b22-18-,25-24?. The highest BCUT2D eigenvalue weighted by molar-refractivity contribution is 8.18. The molecule has 2 aromatic carbocycles. The van der Waals surface area contributed by atoms with Crippen molar-refractivity contribution in [3.63, 3.8) is 0 Å². The van der Waals surface area contributed by atoms with Gasteiger partial charge in [-0.1, -0.05) is 43.7 Å². The third kappa shape index (κ3) is 4.73. The molecule has 0 spiro atoms. The number of carbonyl (C=O) groups is 1. The molecule has 0 bridgehead atoms. The zero-order valence-corrected chi connectivity index (χ0v) is 17.7. The predicted octanol–water partition coefficient (Wildman–Crippen LogP) is 5.69. The summed E-state index contributed by atoms with van der Waals surface area (Å²) in [5.74, 6) is 0.0572. The minimum absolute atomic E-state index is 0.0572. The molecule has 0 unspecified atom stereocenters. The number of carbonyl (C=O) groups excluding carboxylic acids is 1. The van der Waals surface area contributed by atoms with Crippen LogP contribution in [-0.4, -0.2) is 35.6 Å². The molecule has 0 saturated carbocycles. The molecule has 0 N–H and O–H groups in total. The Kier molecular flexibility index (Phi) is 6.35. The van der Waals surface area contributed by atoms with Crippen LogP contribution in [-0.2, 0) is 4.79 Å². The lowest BCUT2D eigenvalue weighted by Gasteiger charge is -2.17. The van der Waals surface area contributed by atoms with Gasteiger partial charge < -0.3 is 4.90 Å². The lowest BCUT2D eigenvalue weighted by molar-refractivity contribution is -0.122. The quantitative estimate of drug-likeness (QED) is 0.579. The van der Waals surface area contributed by atoms with E-state index in [1.165, 1.54) is 30.3 Å². The maximum atomic E-state index is 13.0. The highest BCUT2D eigenvalue weighted by Crippen LogP contribution is 2.34. The third-order valence-corrected chi connectivity index (χ3v) is 6.27. The van der Waals surface area contributed by atoms with Crippen LogP contribution in [0.25, 0.3) is 6.08 Å². The Bertz CT molecular complexity index is 899. The molecule has 150 valence electrons. The number of amidine groups is 1. The predicted molar refractivity (Wildman–Crippen MR) is 124 cm³/mol. The Morgan fingerprint density at radius 1 is 1.03 bits per heavy atom. The van der Waals surface area contributed by atoms with Gasteiger partial charge in [0.25, 0.3) is 5.91 Å². The van der Waals surface area contributed by atoms with Gasteiger partial charge in [0.2, 0.25) is 0 Å². The van der Waals surface area contributed by atoms with Crippen LogP contribution >= 0.6 is 11.8 Å². The van der Waals surface area contributed by atoms with E-state index in [1.54, 1.807) is 0 Å². The number of para-hydroxylation sites is 1. The summed E-state index contributed by atoms with van der Waals surface area (Å²) in [5, 5.41) is 0.773. The van der Waals surface area contributed by atoms with Gasteiger partial charge in [0.05, 0.1) is 10.6 Å². The molecule has 4 nitrogen and oxygen atoms in total. The van der Waals surface area contributed by atoms with Crippen molar-refractivity contribution in [1.29, 1.82) is 0 Å². The number of hydrogen-bond donors (Lipinski definition) is 0. The largest absolute Gasteiger partial charge is 0.372 e. The molecule has 2 saturated heterocycles. The van der Waals surface area contributed by atoms with E-state index >= 15 is 0 Å². The summed E-state index contributed by atoms with van der Waals surface area (Å²) < 4.78 is 0. The molecule has 0 aromatic heterocycles. The van der Waals surface area contributed by atoms with Gasteiger partial charge in [-0.05, 0) is 66.9 Å². The lowest BCUT2D eigenvalue weighted by Crippen LogP contribution is -2.30. The first-order valence-corrected chi connectivity index (χ1v) is 11.3. The second kappa shape index (κ2) is 9.31. The topological polar surface area (TPSA) is 35.9 Å². The zero-order valence-electron chi connectivity index (χ0n) is 16.9. The fourth-order valence-electron chi connectivity index (χ4n) is 3.63. The number of unbranched alkanes of at least 4 members (excludes halogenated alkanes) is 1. The second-order valence-electron chi connectivity index (χ2n) is 7.44. The van der Waals surface area contributed by atoms with Crippen LogP contribution in [0.15, 0.2) is 64.5 Å². The molecular weight excluding hydrogens is 378 g/mol. The number of anilines is 1. The van der Waals surface area contributed by atoms with Gasteiger partial charge in [0, 0.05) is 25.3 Å². The van der Waals surface area contributed by atoms with Crippen molar-refractivity contribution in [1.82, 2.24) is 4.90 Å². The molecule has 4 rings (SSSR count). The molecule has 5 heteroatoms. The molecule has 2 aliphatic heterocycles. The lowest BCUT2D eigenvalue weighted by atomic mass is 10.2. The number of rotatable bonds is 6. The summed E-state index contributed by atoms with van der Waals surface area (Å²) >= 11 is 1.47. The van der Waals surface area contributed by atoms with E-state index in [0.717, 1.165) is 47.3 Å². The number of aliphatic imine (C=N–C) groups is 1. The summed E-state index contributed by atoms with van der Waals surface area (Å²) in [6.07, 6.45) is 6.55. The van der Waals surface area contributed by atoms with Gasteiger partial charge in [-0.25, -0.2) is 4.99 Å². The number of amides is 1. The van der Waals surface area contributed by atoms with Crippen LogP contribution in [0, 0.1) is 0 Å². The molecule has 2 fully saturated rings. The smallest absolute Gasteiger partial charge is 0.266 e. The molecule has 0 radical (unpaired) electrons. The summed E-state index contributed by atoms with van der Waals surface area (Å²) in [4.78, 5) is 22.8. The third-order valence-electron chi connectivity index (χ3n) is 5.27. The van der Waals surface area contributed by atoms with Gasteiger partial charge in [-0.3, -0.25) is 9.69 Å². The summed E-state index contributed by atoms with van der Waals surface area (Å²) in [6, 6.07) is 18.4. The maximum absolute atomic E-state index is 13.0. The van der Waals surface area contributed by atoms with Crippen LogP contribution in [0.5, 0.6) is 0 Å². The number of hydrogen-bond acceptors (Lipinski definition) is 4. The first-order chi connectivity index (χ1) is 14.2. The molecule has 29 heavy (non-hydrogen) atoms. The highest BCUT2D eigenvalue weighted by atomic mass is 32.2. The zero-order chi connectivity index (χ0) is 20.1. The van der Waals surface area contributed by atoms with Crippen molar-refractivity contribution in [3.8, 4) is 0 Å². The van der Waals surface area contributed by atoms with E-state index in [9.17, 15) is 4.79 Å². The van der Waals surface area contributed by atoms with Crippen molar-refractivity contribution in [3.05, 3.63) is 65.1 Å². The average molecular weight is 406 g/mol. The molecule has 0 atom stereocenters. The van der Waals surface area contributed by atoms with Crippen LogP contribution in [0.3, 0.4) is 0 Å². The molecule has 0 aliphatic carbocycles. The fraction of sp³-hybridized carbons (Fsp3) is 0.333. The first kappa shape index (κ1) is 19.8. The van der Waals surface area contributed by atoms with Gasteiger partial charge >= 0.3 is 0 Å². The van der Waals surface area contributed by atoms with Crippen molar-refractivity contribution >= 4 is 40.3 Å². The van der Waals surface area contributed by atoms with Crippen molar-refractivity contribution in [2.75, 3.05) is 24.5 Å². The number of thioether (sulfide) groups is 1. The van der Waals surface area contributed by atoms with E-state index in [0.29, 0.717) is 6.54 Å². The van der Waals surface area contributed by atoms with E-state index in [4.69, 9.17) is 4.99 Å². The van der Waals surface area contributed by atoms with Crippen molar-refractivity contribution < 1.29 is 4.79 Å². The minimum Gasteiger partial charge on any atom is -0.372 e. The van der Waals surface area contributed by atoms with Crippen molar-refractivity contribution in [2.45, 2.75) is 32.6 Å². The number of benzene rings is 2. The van der Waals surface area contributed by atoms with Crippen molar-refractivity contribution in [2.24, 2.45) is 4.99 Å². The van der Waals surface area contributed by atoms with Gasteiger partial charge in [0.1, 0.15) is 0 Å². The summed E-state index contributed by atoms with van der Waals surface area (Å²) in [6.45, 7) is 5.13. The summed E-state index contributed by atoms with van der Waals surface area (Å²) in [5.41, 5.74) is 3.20. The second-order valence-corrected chi connectivity index (χ2v) is 8.45. The molecule has 2 aromatic rings. The van der Waals surface area contributed by atoms with Gasteiger partial charge in [-0.2, -0.15) is 0 Å². The SMILES string of the molecule is CCCCN1C(=O)/C(=C/c2ccc(N3CCCC3)cc2)SC1=Nc1ccccc1. The highest BCUT2D eigenvalue weighted by Gasteiger charge is 2.32.